The normalized spacial score (nSPS) is 12.7. The Bertz CT molecular complexity index is 1400. The molecule has 10 heteroatoms. The summed E-state index contributed by atoms with van der Waals surface area (Å²) in [5.74, 6) is 0.376. The third-order valence-corrected chi connectivity index (χ3v) is 6.82. The second-order valence-electron chi connectivity index (χ2n) is 8.74. The Morgan fingerprint density at radius 2 is 1.70 bits per heavy atom. The third kappa shape index (κ3) is 5.23. The summed E-state index contributed by atoms with van der Waals surface area (Å²) in [7, 11) is 3.69. The van der Waals surface area contributed by atoms with Crippen LogP contribution >= 0.6 is 23.2 Å². The first kappa shape index (κ1) is 27.1. The zero-order chi connectivity index (χ0) is 26.9. The molecule has 196 valence electrons. The summed E-state index contributed by atoms with van der Waals surface area (Å²) >= 11 is 13.3. The number of fused-ring (bicyclic) bond motifs is 1. The monoisotopic (exact) mass is 551 g/mol. The van der Waals surface area contributed by atoms with Gasteiger partial charge in [0, 0.05) is 46.7 Å². The molecule has 1 heterocycles. The highest BCUT2D eigenvalue weighted by atomic mass is 35.5. The standard InChI is InChI=1S/C27H26Cl2F3N3O2/c1-4-20-24(26(34-33-20)35(2)3)25(23-18(28)13-16(14-19(23)29)27(30,31)32)22-17-8-6-5-7-15(17)9-10-21(22)37-12-11-36/h5-10,13-14,25,36H,4,11-12H2,1-3H3,(H,33,34). The fourth-order valence-electron chi connectivity index (χ4n) is 4.60. The lowest BCUT2D eigenvalue weighted by Gasteiger charge is -2.27. The van der Waals surface area contributed by atoms with E-state index in [1.807, 2.05) is 56.3 Å². The average Bonchev–Trinajstić information content (AvgIpc) is 3.28. The van der Waals surface area contributed by atoms with Crippen molar-refractivity contribution in [2.45, 2.75) is 25.4 Å². The molecule has 0 spiro atoms. The Hall–Kier alpha value is -2.94. The van der Waals surface area contributed by atoms with Gasteiger partial charge in [-0.3, -0.25) is 5.10 Å². The molecule has 3 aromatic carbocycles. The summed E-state index contributed by atoms with van der Waals surface area (Å²) < 4.78 is 46.8. The van der Waals surface area contributed by atoms with Gasteiger partial charge < -0.3 is 14.7 Å². The van der Waals surface area contributed by atoms with Crippen molar-refractivity contribution in [2.24, 2.45) is 0 Å². The number of hydrogen-bond acceptors (Lipinski definition) is 4. The molecule has 37 heavy (non-hydrogen) atoms. The fourth-order valence-corrected chi connectivity index (χ4v) is 5.31. The Morgan fingerprint density at radius 1 is 1.03 bits per heavy atom. The SMILES string of the molecule is CCc1n[nH]c(N(C)C)c1C(c1c(Cl)cc(C(F)(F)F)cc1Cl)c1c(OCCO)ccc2ccccc12. The van der Waals surface area contributed by atoms with E-state index in [1.54, 1.807) is 6.07 Å². The Morgan fingerprint density at radius 3 is 2.30 bits per heavy atom. The quantitative estimate of drug-likeness (QED) is 0.246. The maximum absolute atomic E-state index is 13.6. The summed E-state index contributed by atoms with van der Waals surface area (Å²) in [5.41, 5.74) is 1.47. The number of alkyl halides is 3. The van der Waals surface area contributed by atoms with E-state index >= 15 is 0 Å². The van der Waals surface area contributed by atoms with Gasteiger partial charge in [0.1, 0.15) is 18.2 Å². The minimum Gasteiger partial charge on any atom is -0.491 e. The van der Waals surface area contributed by atoms with Crippen molar-refractivity contribution in [2.75, 3.05) is 32.2 Å². The van der Waals surface area contributed by atoms with Gasteiger partial charge in [-0.2, -0.15) is 18.3 Å². The predicted octanol–water partition coefficient (Wildman–Crippen LogP) is 7.07. The van der Waals surface area contributed by atoms with Gasteiger partial charge in [-0.1, -0.05) is 60.5 Å². The van der Waals surface area contributed by atoms with Crippen molar-refractivity contribution < 1.29 is 23.0 Å². The van der Waals surface area contributed by atoms with Gasteiger partial charge in [0.05, 0.1) is 17.9 Å². The molecule has 1 unspecified atom stereocenters. The van der Waals surface area contributed by atoms with Gasteiger partial charge in [0.25, 0.3) is 0 Å². The number of aryl methyl sites for hydroxylation is 1. The lowest BCUT2D eigenvalue weighted by molar-refractivity contribution is -0.137. The van der Waals surface area contributed by atoms with Crippen LogP contribution in [0.2, 0.25) is 10.0 Å². The molecular weight excluding hydrogens is 526 g/mol. The van der Waals surface area contributed by atoms with E-state index in [9.17, 15) is 18.3 Å². The topological polar surface area (TPSA) is 61.4 Å². The van der Waals surface area contributed by atoms with Crippen molar-refractivity contribution in [3.05, 3.63) is 86.5 Å². The first-order chi connectivity index (χ1) is 17.6. The van der Waals surface area contributed by atoms with Crippen molar-refractivity contribution in [3.63, 3.8) is 0 Å². The molecule has 2 N–H and O–H groups in total. The number of anilines is 1. The highest BCUT2D eigenvalue weighted by Gasteiger charge is 2.36. The van der Waals surface area contributed by atoms with Crippen molar-refractivity contribution in [1.82, 2.24) is 10.2 Å². The molecule has 0 aliphatic carbocycles. The van der Waals surface area contributed by atoms with Gasteiger partial charge >= 0.3 is 6.18 Å². The highest BCUT2D eigenvalue weighted by Crippen LogP contribution is 2.50. The van der Waals surface area contributed by atoms with Gasteiger partial charge in [-0.05, 0) is 35.4 Å². The van der Waals surface area contributed by atoms with E-state index in [0.29, 0.717) is 34.8 Å². The van der Waals surface area contributed by atoms with Crippen LogP contribution in [0.5, 0.6) is 5.75 Å². The summed E-state index contributed by atoms with van der Waals surface area (Å²) in [5, 5.41) is 18.5. The van der Waals surface area contributed by atoms with E-state index in [2.05, 4.69) is 10.2 Å². The lowest BCUT2D eigenvalue weighted by atomic mass is 9.81. The Balaban J connectivity index is 2.15. The van der Waals surface area contributed by atoms with Crippen LogP contribution in [0.3, 0.4) is 0 Å². The number of rotatable bonds is 8. The van der Waals surface area contributed by atoms with Gasteiger partial charge in [-0.15, -0.1) is 0 Å². The molecule has 1 aromatic heterocycles. The average molecular weight is 552 g/mol. The van der Waals surface area contributed by atoms with Crippen LogP contribution in [-0.2, 0) is 12.6 Å². The number of aliphatic hydroxyl groups excluding tert-OH is 1. The molecular formula is C27H26Cl2F3N3O2. The minimum atomic E-state index is -4.62. The molecule has 0 saturated carbocycles. The summed E-state index contributed by atoms with van der Waals surface area (Å²) in [4.78, 5) is 1.85. The van der Waals surface area contributed by atoms with Gasteiger partial charge in [-0.25, -0.2) is 0 Å². The maximum Gasteiger partial charge on any atom is 0.416 e. The number of H-pyrrole nitrogens is 1. The molecule has 0 amide bonds. The summed E-state index contributed by atoms with van der Waals surface area (Å²) in [6, 6.07) is 13.1. The van der Waals surface area contributed by atoms with E-state index in [-0.39, 0.29) is 23.3 Å². The van der Waals surface area contributed by atoms with Crippen LogP contribution in [0.25, 0.3) is 10.8 Å². The summed E-state index contributed by atoms with van der Waals surface area (Å²) in [6.45, 7) is 1.76. The van der Waals surface area contributed by atoms with Gasteiger partial charge in [0.15, 0.2) is 0 Å². The van der Waals surface area contributed by atoms with Crippen LogP contribution in [0.4, 0.5) is 19.0 Å². The number of nitrogens with one attached hydrogen (secondary N) is 1. The Labute approximate surface area is 222 Å². The van der Waals surface area contributed by atoms with E-state index in [4.69, 9.17) is 27.9 Å². The molecule has 0 radical (unpaired) electrons. The number of aliphatic hydroxyl groups is 1. The number of nitrogens with zero attached hydrogens (tertiary/aromatic N) is 2. The number of aromatic nitrogens is 2. The lowest BCUT2D eigenvalue weighted by Crippen LogP contribution is -2.17. The second kappa shape index (κ2) is 10.8. The smallest absolute Gasteiger partial charge is 0.416 e. The number of halogens is 5. The fraction of sp³-hybridized carbons (Fsp3) is 0.296. The summed E-state index contributed by atoms with van der Waals surface area (Å²) in [6.07, 6.45) is -4.07. The van der Waals surface area contributed by atoms with Crippen molar-refractivity contribution in [3.8, 4) is 5.75 Å². The molecule has 0 aliphatic rings. The zero-order valence-electron chi connectivity index (χ0n) is 20.5. The highest BCUT2D eigenvalue weighted by molar-refractivity contribution is 6.36. The number of ether oxygens (including phenoxy) is 1. The second-order valence-corrected chi connectivity index (χ2v) is 9.55. The third-order valence-electron chi connectivity index (χ3n) is 6.20. The van der Waals surface area contributed by atoms with Crippen LogP contribution in [0.1, 0.15) is 40.8 Å². The molecule has 0 saturated heterocycles. The van der Waals surface area contributed by atoms with Crippen LogP contribution in [-0.4, -0.2) is 42.6 Å². The van der Waals surface area contributed by atoms with Crippen molar-refractivity contribution >= 4 is 39.8 Å². The van der Waals surface area contributed by atoms with Crippen LogP contribution < -0.4 is 9.64 Å². The zero-order valence-corrected chi connectivity index (χ0v) is 22.0. The first-order valence-electron chi connectivity index (χ1n) is 11.6. The molecule has 0 bridgehead atoms. The number of benzene rings is 3. The molecule has 5 nitrogen and oxygen atoms in total. The predicted molar refractivity (Wildman–Crippen MR) is 141 cm³/mol. The number of aromatic amines is 1. The van der Waals surface area contributed by atoms with Crippen LogP contribution in [0.15, 0.2) is 48.5 Å². The van der Waals surface area contributed by atoms with E-state index in [1.165, 1.54) is 0 Å². The van der Waals surface area contributed by atoms with Crippen molar-refractivity contribution in [1.29, 1.82) is 0 Å². The van der Waals surface area contributed by atoms with E-state index < -0.39 is 17.7 Å². The van der Waals surface area contributed by atoms with Crippen LogP contribution in [0, 0.1) is 0 Å². The number of hydrogen-bond donors (Lipinski definition) is 2. The largest absolute Gasteiger partial charge is 0.491 e. The molecule has 0 fully saturated rings. The molecule has 0 aliphatic heterocycles. The van der Waals surface area contributed by atoms with Gasteiger partial charge in [0.2, 0.25) is 0 Å². The minimum absolute atomic E-state index is 0.0269. The maximum atomic E-state index is 13.6. The van der Waals surface area contributed by atoms with E-state index in [0.717, 1.165) is 28.5 Å². The molecule has 1 atom stereocenters. The molecule has 4 aromatic rings. The molecule has 4 rings (SSSR count). The Kier molecular flexibility index (Phi) is 7.92. The first-order valence-corrected chi connectivity index (χ1v) is 12.4.